The molecule has 0 aromatic carbocycles. The van der Waals surface area contributed by atoms with Crippen LogP contribution in [0.1, 0.15) is 45.4 Å². The van der Waals surface area contributed by atoms with Crippen molar-refractivity contribution in [2.45, 2.75) is 46.0 Å². The highest BCUT2D eigenvalue weighted by Gasteiger charge is 2.20. The van der Waals surface area contributed by atoms with Crippen LogP contribution in [0.15, 0.2) is 6.07 Å². The minimum Gasteiger partial charge on any atom is -0.370 e. The summed E-state index contributed by atoms with van der Waals surface area (Å²) in [5, 5.41) is 3.95. The summed E-state index contributed by atoms with van der Waals surface area (Å²) in [5.41, 5.74) is 0. The van der Waals surface area contributed by atoms with Crippen LogP contribution in [0.5, 0.6) is 0 Å². The first-order chi connectivity index (χ1) is 8.69. The first-order valence-electron chi connectivity index (χ1n) is 6.96. The van der Waals surface area contributed by atoms with E-state index in [0.717, 1.165) is 36.4 Å². The molecule has 0 spiro atoms. The quantitative estimate of drug-likeness (QED) is 0.840. The minimum absolute atomic E-state index is 0.529. The predicted octanol–water partition coefficient (Wildman–Crippen LogP) is 3.93. The van der Waals surface area contributed by atoms with Crippen LogP contribution in [-0.2, 0) is 6.42 Å². The predicted molar refractivity (Wildman–Crippen MR) is 76.0 cm³/mol. The highest BCUT2D eigenvalue weighted by atomic mass is 35.5. The van der Waals surface area contributed by atoms with Gasteiger partial charge in [0.2, 0.25) is 0 Å². The molecule has 1 saturated carbocycles. The summed E-state index contributed by atoms with van der Waals surface area (Å²) in [6.07, 6.45) is 6.25. The summed E-state index contributed by atoms with van der Waals surface area (Å²) in [4.78, 5) is 8.63. The largest absolute Gasteiger partial charge is 0.370 e. The molecule has 2 unspecified atom stereocenters. The van der Waals surface area contributed by atoms with Crippen molar-refractivity contribution in [3.05, 3.63) is 17.0 Å². The molecule has 1 aliphatic rings. The van der Waals surface area contributed by atoms with Crippen LogP contribution in [0.25, 0.3) is 0 Å². The lowest BCUT2D eigenvalue weighted by molar-refractivity contribution is 0.268. The van der Waals surface area contributed by atoms with Crippen LogP contribution in [0.3, 0.4) is 0 Å². The molecule has 0 saturated heterocycles. The number of hydrogen-bond acceptors (Lipinski definition) is 3. The highest BCUT2D eigenvalue weighted by Crippen LogP contribution is 2.29. The third kappa shape index (κ3) is 3.58. The molecule has 1 fully saturated rings. The molecular weight excluding hydrogens is 246 g/mol. The fourth-order valence-electron chi connectivity index (χ4n) is 2.65. The second kappa shape index (κ2) is 6.37. The lowest BCUT2D eigenvalue weighted by Crippen LogP contribution is -2.24. The third-order valence-electron chi connectivity index (χ3n) is 3.89. The number of nitrogens with one attached hydrogen (secondary N) is 1. The van der Waals surface area contributed by atoms with E-state index in [4.69, 9.17) is 11.6 Å². The fraction of sp³-hybridized carbons (Fsp3) is 0.714. The molecule has 0 aliphatic heterocycles. The van der Waals surface area contributed by atoms with Gasteiger partial charge in [0.15, 0.2) is 0 Å². The molecule has 100 valence electrons. The summed E-state index contributed by atoms with van der Waals surface area (Å²) in [6, 6.07) is 1.81. The molecule has 1 N–H and O–H groups in total. The standard InChI is InChI=1S/C14H22ClN3/c1-3-13-17-12(15)8-14(18-13)16-9-11-7-5-4-6-10(11)2/h8,10-11H,3-7,9H2,1-2H3,(H,16,17,18). The summed E-state index contributed by atoms with van der Waals surface area (Å²) in [6.45, 7) is 5.40. The van der Waals surface area contributed by atoms with Gasteiger partial charge < -0.3 is 5.32 Å². The Morgan fingerprint density at radius 2 is 2.11 bits per heavy atom. The van der Waals surface area contributed by atoms with Crippen LogP contribution in [0.4, 0.5) is 5.82 Å². The molecule has 0 amide bonds. The summed E-state index contributed by atoms with van der Waals surface area (Å²) in [7, 11) is 0. The van der Waals surface area contributed by atoms with Crippen LogP contribution in [0.2, 0.25) is 5.15 Å². The third-order valence-corrected chi connectivity index (χ3v) is 4.09. The monoisotopic (exact) mass is 267 g/mol. The molecule has 0 bridgehead atoms. The number of aryl methyl sites for hydroxylation is 1. The summed E-state index contributed by atoms with van der Waals surface area (Å²) in [5.74, 6) is 3.25. The van der Waals surface area contributed by atoms with Gasteiger partial charge in [0.1, 0.15) is 16.8 Å². The molecule has 3 nitrogen and oxygen atoms in total. The van der Waals surface area contributed by atoms with E-state index in [9.17, 15) is 0 Å². The Kier molecular flexibility index (Phi) is 4.81. The van der Waals surface area contributed by atoms with Gasteiger partial charge in [0, 0.05) is 19.0 Å². The Balaban J connectivity index is 1.94. The zero-order valence-electron chi connectivity index (χ0n) is 11.2. The number of halogens is 1. The van der Waals surface area contributed by atoms with E-state index in [1.54, 1.807) is 0 Å². The van der Waals surface area contributed by atoms with Gasteiger partial charge in [-0.25, -0.2) is 9.97 Å². The normalized spacial score (nSPS) is 23.9. The number of hydrogen-bond donors (Lipinski definition) is 1. The van der Waals surface area contributed by atoms with Gasteiger partial charge in [-0.15, -0.1) is 0 Å². The Morgan fingerprint density at radius 1 is 1.33 bits per heavy atom. The number of nitrogens with zero attached hydrogens (tertiary/aromatic N) is 2. The molecule has 0 radical (unpaired) electrons. The summed E-state index contributed by atoms with van der Waals surface area (Å²) < 4.78 is 0. The van der Waals surface area contributed by atoms with Gasteiger partial charge in [-0.05, 0) is 18.3 Å². The van der Waals surface area contributed by atoms with Crippen LogP contribution < -0.4 is 5.32 Å². The lowest BCUT2D eigenvalue weighted by Gasteiger charge is -2.29. The molecular formula is C14H22ClN3. The maximum atomic E-state index is 5.99. The average molecular weight is 268 g/mol. The Bertz CT molecular complexity index is 395. The molecule has 4 heteroatoms. The van der Waals surface area contributed by atoms with Crippen molar-refractivity contribution in [3.8, 4) is 0 Å². The van der Waals surface area contributed by atoms with Crippen LogP contribution in [-0.4, -0.2) is 16.5 Å². The number of aromatic nitrogens is 2. The van der Waals surface area contributed by atoms with Gasteiger partial charge >= 0.3 is 0 Å². The molecule has 2 rings (SSSR count). The van der Waals surface area contributed by atoms with Gasteiger partial charge in [-0.2, -0.15) is 0 Å². The topological polar surface area (TPSA) is 37.8 Å². The number of anilines is 1. The molecule has 1 aliphatic carbocycles. The van der Waals surface area contributed by atoms with Gasteiger partial charge in [0.05, 0.1) is 0 Å². The second-order valence-corrected chi connectivity index (χ2v) is 5.64. The van der Waals surface area contributed by atoms with Crippen LogP contribution in [0, 0.1) is 11.8 Å². The zero-order valence-corrected chi connectivity index (χ0v) is 12.0. The van der Waals surface area contributed by atoms with Crippen molar-refractivity contribution in [1.29, 1.82) is 0 Å². The van der Waals surface area contributed by atoms with E-state index in [1.165, 1.54) is 25.7 Å². The first kappa shape index (κ1) is 13.6. The summed E-state index contributed by atoms with van der Waals surface area (Å²) >= 11 is 5.99. The molecule has 1 aromatic heterocycles. The van der Waals surface area contributed by atoms with Crippen molar-refractivity contribution in [2.75, 3.05) is 11.9 Å². The smallest absolute Gasteiger partial charge is 0.134 e. The Morgan fingerprint density at radius 3 is 2.83 bits per heavy atom. The number of rotatable bonds is 4. The van der Waals surface area contributed by atoms with Crippen molar-refractivity contribution in [2.24, 2.45) is 11.8 Å². The highest BCUT2D eigenvalue weighted by molar-refractivity contribution is 6.29. The Hall–Kier alpha value is -0.830. The van der Waals surface area contributed by atoms with Gasteiger partial charge in [0.25, 0.3) is 0 Å². The van der Waals surface area contributed by atoms with Gasteiger partial charge in [-0.1, -0.05) is 44.7 Å². The SMILES string of the molecule is CCc1nc(Cl)cc(NCC2CCCCC2C)n1. The molecule has 2 atom stereocenters. The van der Waals surface area contributed by atoms with Gasteiger partial charge in [-0.3, -0.25) is 0 Å². The van der Waals surface area contributed by atoms with E-state index in [-0.39, 0.29) is 0 Å². The van der Waals surface area contributed by atoms with Crippen LogP contribution >= 0.6 is 11.6 Å². The van der Waals surface area contributed by atoms with Crippen molar-refractivity contribution < 1.29 is 0 Å². The zero-order chi connectivity index (χ0) is 13.0. The lowest BCUT2D eigenvalue weighted by atomic mass is 9.80. The average Bonchev–Trinajstić information content (AvgIpc) is 2.37. The van der Waals surface area contributed by atoms with Crippen molar-refractivity contribution in [3.63, 3.8) is 0 Å². The van der Waals surface area contributed by atoms with Crippen molar-refractivity contribution >= 4 is 17.4 Å². The van der Waals surface area contributed by atoms with E-state index in [1.807, 2.05) is 13.0 Å². The van der Waals surface area contributed by atoms with E-state index < -0.39 is 0 Å². The fourth-order valence-corrected chi connectivity index (χ4v) is 2.85. The van der Waals surface area contributed by atoms with E-state index in [0.29, 0.717) is 5.15 Å². The van der Waals surface area contributed by atoms with Crippen molar-refractivity contribution in [1.82, 2.24) is 9.97 Å². The molecule has 18 heavy (non-hydrogen) atoms. The maximum Gasteiger partial charge on any atom is 0.134 e. The minimum atomic E-state index is 0.529. The maximum absolute atomic E-state index is 5.99. The Labute approximate surface area is 114 Å². The van der Waals surface area contributed by atoms with E-state index in [2.05, 4.69) is 22.2 Å². The van der Waals surface area contributed by atoms with E-state index >= 15 is 0 Å². The second-order valence-electron chi connectivity index (χ2n) is 5.25. The first-order valence-corrected chi connectivity index (χ1v) is 7.34. The molecule has 1 heterocycles. The molecule has 1 aromatic rings.